The molecule has 2 bridgehead atoms. The Balaban J connectivity index is 1.54. The number of benzene rings is 2. The summed E-state index contributed by atoms with van der Waals surface area (Å²) in [7, 11) is 1.54. The average Bonchev–Trinajstić information content (AvgIpc) is 3.19. The van der Waals surface area contributed by atoms with Gasteiger partial charge in [0, 0.05) is 30.7 Å². The molecule has 8 nitrogen and oxygen atoms in total. The maximum atomic E-state index is 14.6. The van der Waals surface area contributed by atoms with Gasteiger partial charge >= 0.3 is 6.01 Å². The number of aryl methyl sites for hydroxylation is 1. The van der Waals surface area contributed by atoms with Crippen molar-refractivity contribution in [2.45, 2.75) is 38.3 Å². The molecule has 2 atom stereocenters. The van der Waals surface area contributed by atoms with Crippen LogP contribution >= 0.6 is 0 Å². The van der Waals surface area contributed by atoms with E-state index in [2.05, 4.69) is 30.4 Å². The van der Waals surface area contributed by atoms with Gasteiger partial charge in [-0.05, 0) is 59.9 Å². The number of hydrogen-bond acceptors (Lipinski definition) is 8. The highest BCUT2D eigenvalue weighted by Gasteiger charge is 2.34. The van der Waals surface area contributed by atoms with Crippen molar-refractivity contribution >= 4 is 27.6 Å². The highest BCUT2D eigenvalue weighted by atomic mass is 19.1. The van der Waals surface area contributed by atoms with Gasteiger partial charge in [0.15, 0.2) is 11.3 Å². The number of anilines is 1. The normalized spacial score (nSPS) is 19.8. The highest BCUT2D eigenvalue weighted by Crippen LogP contribution is 2.37. The first-order chi connectivity index (χ1) is 16.5. The van der Waals surface area contributed by atoms with Gasteiger partial charge in [0.2, 0.25) is 0 Å². The summed E-state index contributed by atoms with van der Waals surface area (Å²) >= 11 is 0. The monoisotopic (exact) mass is 460 g/mol. The SMILES string of the molecule is CCc1c(F)ccc2cc(O)cc(-c3cc4nc(OC)nc(N5CC6CCC(C5)N6)c4nn3)c12. The molecule has 9 heteroatoms. The first kappa shape index (κ1) is 21.0. The maximum Gasteiger partial charge on any atom is 0.318 e. The zero-order valence-corrected chi connectivity index (χ0v) is 19.0. The van der Waals surface area contributed by atoms with Gasteiger partial charge in [-0.15, -0.1) is 10.2 Å². The number of halogens is 1. The van der Waals surface area contributed by atoms with E-state index >= 15 is 0 Å². The van der Waals surface area contributed by atoms with Gasteiger partial charge in [0.05, 0.1) is 12.8 Å². The van der Waals surface area contributed by atoms with Crippen LogP contribution in [0.1, 0.15) is 25.3 Å². The largest absolute Gasteiger partial charge is 0.508 e. The molecule has 2 aromatic heterocycles. The minimum Gasteiger partial charge on any atom is -0.508 e. The van der Waals surface area contributed by atoms with Crippen molar-refractivity contribution in [3.05, 3.63) is 41.7 Å². The first-order valence-corrected chi connectivity index (χ1v) is 11.6. The molecule has 2 aliphatic heterocycles. The first-order valence-electron chi connectivity index (χ1n) is 11.6. The molecule has 4 aromatic rings. The summed E-state index contributed by atoms with van der Waals surface area (Å²) in [5, 5.41) is 24.5. The van der Waals surface area contributed by atoms with E-state index in [0.717, 1.165) is 31.3 Å². The second-order valence-corrected chi connectivity index (χ2v) is 9.01. The van der Waals surface area contributed by atoms with E-state index < -0.39 is 0 Å². The lowest BCUT2D eigenvalue weighted by Crippen LogP contribution is -2.51. The van der Waals surface area contributed by atoms with Gasteiger partial charge in [-0.1, -0.05) is 13.0 Å². The summed E-state index contributed by atoms with van der Waals surface area (Å²) in [6, 6.07) is 9.27. The minimum atomic E-state index is -0.282. The molecule has 0 radical (unpaired) electrons. The number of aromatic nitrogens is 4. The maximum absolute atomic E-state index is 14.6. The van der Waals surface area contributed by atoms with Crippen LogP contribution in [-0.2, 0) is 6.42 Å². The lowest BCUT2D eigenvalue weighted by Gasteiger charge is -2.33. The molecule has 6 rings (SSSR count). The van der Waals surface area contributed by atoms with Crippen LogP contribution in [0.15, 0.2) is 30.3 Å². The van der Waals surface area contributed by atoms with Crippen LogP contribution in [-0.4, -0.2) is 57.6 Å². The number of methoxy groups -OCH3 is 1. The quantitative estimate of drug-likeness (QED) is 0.477. The molecule has 34 heavy (non-hydrogen) atoms. The smallest absolute Gasteiger partial charge is 0.318 e. The number of fused-ring (bicyclic) bond motifs is 4. The molecule has 2 N–H and O–H groups in total. The average molecular weight is 461 g/mol. The van der Waals surface area contributed by atoms with E-state index in [4.69, 9.17) is 4.74 Å². The van der Waals surface area contributed by atoms with E-state index in [9.17, 15) is 9.50 Å². The standard InChI is InChI=1S/C25H25FN6O2/c1-3-17-19(26)7-4-13-8-16(33)9-18(22(13)17)20-10-21-23(31-30-20)24(29-25(28-21)34-2)32-11-14-5-6-15(12-32)27-14/h4,7-10,14-15,27,33H,3,5-6,11-12H2,1-2H3. The van der Waals surface area contributed by atoms with Crippen LogP contribution in [0.4, 0.5) is 10.2 Å². The van der Waals surface area contributed by atoms with E-state index in [-0.39, 0.29) is 17.6 Å². The van der Waals surface area contributed by atoms with Crippen molar-refractivity contribution in [1.82, 2.24) is 25.5 Å². The molecule has 0 saturated carbocycles. The Morgan fingerprint density at radius 1 is 1.12 bits per heavy atom. The van der Waals surface area contributed by atoms with Gasteiger partial charge in [-0.25, -0.2) is 4.39 Å². The van der Waals surface area contributed by atoms with Crippen LogP contribution in [0.2, 0.25) is 0 Å². The van der Waals surface area contributed by atoms with Gasteiger partial charge in [-0.3, -0.25) is 0 Å². The summed E-state index contributed by atoms with van der Waals surface area (Å²) in [5.74, 6) is 0.506. The number of rotatable bonds is 4. The number of phenols is 1. The number of nitrogens with one attached hydrogen (secondary N) is 1. The number of ether oxygens (including phenoxy) is 1. The number of piperazine rings is 1. The van der Waals surface area contributed by atoms with Crippen LogP contribution in [0.5, 0.6) is 11.8 Å². The third-order valence-corrected chi connectivity index (χ3v) is 6.88. The van der Waals surface area contributed by atoms with Crippen LogP contribution in [0.3, 0.4) is 0 Å². The lowest BCUT2D eigenvalue weighted by atomic mass is 9.95. The van der Waals surface area contributed by atoms with Gasteiger partial charge in [0.25, 0.3) is 0 Å². The highest BCUT2D eigenvalue weighted by molar-refractivity contribution is 6.00. The third-order valence-electron chi connectivity index (χ3n) is 6.88. The van der Waals surface area contributed by atoms with Gasteiger partial charge in [-0.2, -0.15) is 9.97 Å². The van der Waals surface area contributed by atoms with Crippen LogP contribution in [0, 0.1) is 5.82 Å². The Morgan fingerprint density at radius 3 is 2.65 bits per heavy atom. The van der Waals surface area contributed by atoms with Crippen molar-refractivity contribution in [3.8, 4) is 23.0 Å². The van der Waals surface area contributed by atoms with Crippen LogP contribution in [0.25, 0.3) is 33.1 Å². The minimum absolute atomic E-state index is 0.0790. The van der Waals surface area contributed by atoms with E-state index in [1.54, 1.807) is 25.3 Å². The zero-order chi connectivity index (χ0) is 23.4. The molecular formula is C25H25FN6O2. The molecule has 0 spiro atoms. The van der Waals surface area contributed by atoms with Crippen molar-refractivity contribution in [2.75, 3.05) is 25.1 Å². The lowest BCUT2D eigenvalue weighted by molar-refractivity contribution is 0.380. The summed E-state index contributed by atoms with van der Waals surface area (Å²) in [6.45, 7) is 3.59. The number of phenolic OH excluding ortho intramolecular Hbond substituents is 1. The molecule has 2 saturated heterocycles. The van der Waals surface area contributed by atoms with Crippen LogP contribution < -0.4 is 15.0 Å². The molecule has 2 aromatic carbocycles. The Labute approximate surface area is 195 Å². The van der Waals surface area contributed by atoms with Gasteiger partial charge < -0.3 is 20.1 Å². The topological polar surface area (TPSA) is 96.3 Å². The second-order valence-electron chi connectivity index (χ2n) is 9.01. The summed E-state index contributed by atoms with van der Waals surface area (Å²) in [5.41, 5.74) is 2.87. The molecule has 0 aliphatic carbocycles. The molecule has 2 unspecified atom stereocenters. The van der Waals surface area contributed by atoms with Crippen molar-refractivity contribution in [1.29, 1.82) is 0 Å². The fraction of sp³-hybridized carbons (Fsp3) is 0.360. The van der Waals surface area contributed by atoms with Gasteiger partial charge in [0.1, 0.15) is 17.1 Å². The molecular weight excluding hydrogens is 435 g/mol. The predicted octanol–water partition coefficient (Wildman–Crippen LogP) is 3.60. The summed E-state index contributed by atoms with van der Waals surface area (Å²) in [6.07, 6.45) is 2.81. The second kappa shape index (κ2) is 8.02. The number of nitrogens with zero attached hydrogens (tertiary/aromatic N) is 5. The van der Waals surface area contributed by atoms with Crippen molar-refractivity contribution < 1.29 is 14.2 Å². The van der Waals surface area contributed by atoms with E-state index in [0.29, 0.717) is 57.6 Å². The molecule has 4 heterocycles. The number of hydrogen-bond donors (Lipinski definition) is 2. The summed E-state index contributed by atoms with van der Waals surface area (Å²) in [4.78, 5) is 11.4. The van der Waals surface area contributed by atoms with E-state index in [1.807, 2.05) is 13.0 Å². The summed E-state index contributed by atoms with van der Waals surface area (Å²) < 4.78 is 20.1. The molecule has 2 aliphatic rings. The van der Waals surface area contributed by atoms with Crippen molar-refractivity contribution in [2.24, 2.45) is 0 Å². The third kappa shape index (κ3) is 3.38. The Bertz CT molecular complexity index is 1420. The Morgan fingerprint density at radius 2 is 1.91 bits per heavy atom. The predicted molar refractivity (Wildman–Crippen MR) is 128 cm³/mol. The Kier molecular flexibility index (Phi) is 4.95. The molecule has 0 amide bonds. The Hall–Kier alpha value is -3.59. The number of aromatic hydroxyl groups is 1. The van der Waals surface area contributed by atoms with E-state index in [1.165, 1.54) is 6.07 Å². The molecule has 2 fully saturated rings. The molecule has 174 valence electrons. The zero-order valence-electron chi connectivity index (χ0n) is 19.0. The van der Waals surface area contributed by atoms with Crippen molar-refractivity contribution in [3.63, 3.8) is 0 Å². The fourth-order valence-corrected chi connectivity index (χ4v) is 5.36. The fourth-order valence-electron chi connectivity index (χ4n) is 5.36.